The summed E-state index contributed by atoms with van der Waals surface area (Å²) in [6, 6.07) is 7.20. The molecule has 1 unspecified atom stereocenters. The van der Waals surface area contributed by atoms with Gasteiger partial charge < -0.3 is 19.5 Å². The minimum absolute atomic E-state index is 0.0401. The number of anilines is 1. The summed E-state index contributed by atoms with van der Waals surface area (Å²) >= 11 is 0. The monoisotopic (exact) mass is 462 g/mol. The molecule has 0 radical (unpaired) electrons. The van der Waals surface area contributed by atoms with E-state index < -0.39 is 15.9 Å². The van der Waals surface area contributed by atoms with Crippen LogP contribution in [0.2, 0.25) is 0 Å². The van der Waals surface area contributed by atoms with E-state index >= 15 is 0 Å². The van der Waals surface area contributed by atoms with Gasteiger partial charge in [-0.2, -0.15) is 4.31 Å². The first-order valence-electron chi connectivity index (χ1n) is 10.6. The minimum atomic E-state index is -3.88. The predicted molar refractivity (Wildman–Crippen MR) is 122 cm³/mol. The molecule has 1 fully saturated rings. The summed E-state index contributed by atoms with van der Waals surface area (Å²) in [6.07, 6.45) is 4.45. The van der Waals surface area contributed by atoms with Gasteiger partial charge in [0.05, 0.1) is 18.2 Å². The minimum Gasteiger partial charge on any atom is -0.492 e. The van der Waals surface area contributed by atoms with E-state index in [1.807, 2.05) is 33.2 Å². The number of rotatable bonds is 8. The van der Waals surface area contributed by atoms with Crippen molar-refractivity contribution in [3.05, 3.63) is 41.9 Å². The van der Waals surface area contributed by atoms with Crippen molar-refractivity contribution in [2.75, 3.05) is 39.1 Å². The number of hydrogen-bond acceptors (Lipinski definition) is 7. The van der Waals surface area contributed by atoms with Gasteiger partial charge >= 0.3 is 0 Å². The highest BCUT2D eigenvalue weighted by molar-refractivity contribution is 7.89. The first-order valence-corrected chi connectivity index (χ1v) is 12.0. The molecule has 1 amide bonds. The number of carbonyl (C=O) groups excluding carboxylic acids is 1. The number of ether oxygens (including phenoxy) is 1. The van der Waals surface area contributed by atoms with Gasteiger partial charge in [0.25, 0.3) is 0 Å². The third-order valence-electron chi connectivity index (χ3n) is 5.15. The second-order valence-corrected chi connectivity index (χ2v) is 9.74. The number of hydrogen-bond donors (Lipinski definition) is 1. The Bertz CT molecular complexity index is 1080. The summed E-state index contributed by atoms with van der Waals surface area (Å²) in [5.41, 5.74) is 0.867. The number of nitrogens with zero attached hydrogens (tertiary/aromatic N) is 3. The van der Waals surface area contributed by atoms with Crippen molar-refractivity contribution in [2.24, 2.45) is 5.92 Å². The maximum atomic E-state index is 13.4. The van der Waals surface area contributed by atoms with Gasteiger partial charge in [0.1, 0.15) is 11.4 Å². The molecule has 1 saturated heterocycles. The van der Waals surface area contributed by atoms with Gasteiger partial charge in [-0.25, -0.2) is 8.42 Å². The van der Waals surface area contributed by atoms with Crippen LogP contribution in [0.1, 0.15) is 31.2 Å². The lowest BCUT2D eigenvalue weighted by atomic mass is 9.98. The number of aromatic nitrogens is 1. The summed E-state index contributed by atoms with van der Waals surface area (Å²) in [4.78, 5) is 14.8. The molecular weight excluding hydrogens is 432 g/mol. The van der Waals surface area contributed by atoms with Gasteiger partial charge in [0, 0.05) is 39.5 Å². The Balaban J connectivity index is 1.79. The molecule has 1 aliphatic rings. The van der Waals surface area contributed by atoms with Crippen LogP contribution in [-0.4, -0.2) is 62.5 Å². The molecule has 2 aromatic rings. The van der Waals surface area contributed by atoms with Crippen LogP contribution in [-0.2, 0) is 14.8 Å². The Kier molecular flexibility index (Phi) is 7.57. The molecule has 0 saturated carbocycles. The molecule has 1 N–H and O–H groups in total. The first kappa shape index (κ1) is 23.8. The largest absolute Gasteiger partial charge is 0.492 e. The molecular formula is C22H30N4O5S. The van der Waals surface area contributed by atoms with Gasteiger partial charge in [0.2, 0.25) is 15.9 Å². The zero-order chi connectivity index (χ0) is 23.3. The van der Waals surface area contributed by atoms with Crippen molar-refractivity contribution in [1.82, 2.24) is 14.4 Å². The Hall–Kier alpha value is -2.85. The maximum Gasteiger partial charge on any atom is 0.248 e. The molecule has 174 valence electrons. The molecule has 10 heteroatoms. The third kappa shape index (κ3) is 5.31. The smallest absolute Gasteiger partial charge is 0.248 e. The molecule has 1 aromatic carbocycles. The third-order valence-corrected chi connectivity index (χ3v) is 7.18. The molecule has 1 aliphatic heterocycles. The number of para-hydroxylation sites is 2. The average Bonchev–Trinajstić information content (AvgIpc) is 3.15. The number of piperidine rings is 1. The molecule has 0 bridgehead atoms. The van der Waals surface area contributed by atoms with E-state index in [2.05, 4.69) is 10.5 Å². The quantitative estimate of drug-likeness (QED) is 0.643. The fourth-order valence-electron chi connectivity index (χ4n) is 3.61. The van der Waals surface area contributed by atoms with Crippen LogP contribution in [0.3, 0.4) is 0 Å². The summed E-state index contributed by atoms with van der Waals surface area (Å²) in [5, 5.41) is 6.74. The van der Waals surface area contributed by atoms with E-state index in [0.29, 0.717) is 43.1 Å². The van der Waals surface area contributed by atoms with Gasteiger partial charge in [-0.15, -0.1) is 0 Å². The van der Waals surface area contributed by atoms with E-state index in [-0.39, 0.29) is 23.1 Å². The standard InChI is InChI=1S/C22H30N4O5S/c1-5-30-19-11-7-6-10-18(19)23-22(27)17-9-8-13-26(15-17)32(28,29)21-16(2)24-31-20(21)12-14-25(3)4/h6-7,10-12,14,17H,5,8-9,13,15H2,1-4H3,(H,23,27). The van der Waals surface area contributed by atoms with E-state index in [9.17, 15) is 13.2 Å². The summed E-state index contributed by atoms with van der Waals surface area (Å²) in [7, 11) is -0.232. The molecule has 2 heterocycles. The molecule has 32 heavy (non-hydrogen) atoms. The van der Waals surface area contributed by atoms with Crippen LogP contribution in [0.25, 0.3) is 6.08 Å². The number of benzene rings is 1. The zero-order valence-electron chi connectivity index (χ0n) is 18.9. The average molecular weight is 463 g/mol. The second-order valence-electron chi connectivity index (χ2n) is 7.86. The highest BCUT2D eigenvalue weighted by atomic mass is 32.2. The lowest BCUT2D eigenvalue weighted by molar-refractivity contribution is -0.120. The number of aryl methyl sites for hydroxylation is 1. The van der Waals surface area contributed by atoms with E-state index in [1.165, 1.54) is 4.31 Å². The lowest BCUT2D eigenvalue weighted by Crippen LogP contribution is -2.44. The van der Waals surface area contributed by atoms with Gasteiger partial charge in [-0.05, 0) is 38.8 Å². The molecule has 0 spiro atoms. The van der Waals surface area contributed by atoms with Crippen molar-refractivity contribution in [3.8, 4) is 5.75 Å². The Morgan fingerprint density at radius 3 is 2.84 bits per heavy atom. The van der Waals surface area contributed by atoms with Crippen molar-refractivity contribution in [3.63, 3.8) is 0 Å². The van der Waals surface area contributed by atoms with Crippen LogP contribution in [0.5, 0.6) is 5.75 Å². The SMILES string of the molecule is CCOc1ccccc1NC(=O)C1CCCN(S(=O)(=O)c2c(C)noc2C=CN(C)C)C1. The van der Waals surface area contributed by atoms with Crippen molar-refractivity contribution in [1.29, 1.82) is 0 Å². The van der Waals surface area contributed by atoms with Crippen LogP contribution in [0, 0.1) is 12.8 Å². The number of sulfonamides is 1. The van der Waals surface area contributed by atoms with Crippen LogP contribution in [0.15, 0.2) is 39.9 Å². The number of carbonyl (C=O) groups is 1. The normalized spacial score (nSPS) is 17.4. The van der Waals surface area contributed by atoms with Crippen molar-refractivity contribution < 1.29 is 22.5 Å². The fourth-order valence-corrected chi connectivity index (χ4v) is 5.38. The second kappa shape index (κ2) is 10.2. The highest BCUT2D eigenvalue weighted by Gasteiger charge is 2.37. The van der Waals surface area contributed by atoms with Gasteiger partial charge in [0.15, 0.2) is 10.7 Å². The Morgan fingerprint density at radius 1 is 1.38 bits per heavy atom. The number of amides is 1. The van der Waals surface area contributed by atoms with E-state index in [0.717, 1.165) is 0 Å². The lowest BCUT2D eigenvalue weighted by Gasteiger charge is -2.31. The maximum absolute atomic E-state index is 13.4. The zero-order valence-corrected chi connectivity index (χ0v) is 19.7. The summed E-state index contributed by atoms with van der Waals surface area (Å²) in [6.45, 7) is 4.37. The first-order chi connectivity index (χ1) is 15.2. The van der Waals surface area contributed by atoms with Crippen LogP contribution >= 0.6 is 0 Å². The van der Waals surface area contributed by atoms with Crippen LogP contribution < -0.4 is 10.1 Å². The van der Waals surface area contributed by atoms with E-state index in [1.54, 1.807) is 36.2 Å². The number of nitrogens with one attached hydrogen (secondary N) is 1. The molecule has 1 aromatic heterocycles. The molecule has 0 aliphatic carbocycles. The fraction of sp³-hybridized carbons (Fsp3) is 0.455. The van der Waals surface area contributed by atoms with Crippen molar-refractivity contribution >= 4 is 27.7 Å². The Labute approximate surface area is 189 Å². The van der Waals surface area contributed by atoms with Gasteiger partial charge in [-0.3, -0.25) is 4.79 Å². The highest BCUT2D eigenvalue weighted by Crippen LogP contribution is 2.30. The van der Waals surface area contributed by atoms with Crippen LogP contribution in [0.4, 0.5) is 5.69 Å². The molecule has 1 atom stereocenters. The topological polar surface area (TPSA) is 105 Å². The summed E-state index contributed by atoms with van der Waals surface area (Å²) < 4.78 is 39.0. The molecule has 9 nitrogen and oxygen atoms in total. The van der Waals surface area contributed by atoms with Gasteiger partial charge in [-0.1, -0.05) is 17.3 Å². The summed E-state index contributed by atoms with van der Waals surface area (Å²) in [5.74, 6) is 0.0513. The molecule has 3 rings (SSSR count). The van der Waals surface area contributed by atoms with Crippen molar-refractivity contribution in [2.45, 2.75) is 31.6 Å². The Morgan fingerprint density at radius 2 is 2.12 bits per heavy atom. The van der Waals surface area contributed by atoms with E-state index in [4.69, 9.17) is 9.26 Å². The predicted octanol–water partition coefficient (Wildman–Crippen LogP) is 2.95.